The third-order valence-electron chi connectivity index (χ3n) is 3.56. The van der Waals surface area contributed by atoms with Gasteiger partial charge in [-0.25, -0.2) is 4.98 Å². The van der Waals surface area contributed by atoms with Crippen LogP contribution < -0.4 is 0 Å². The highest BCUT2D eigenvalue weighted by atomic mass is 32.2. The zero-order chi connectivity index (χ0) is 12.8. The quantitative estimate of drug-likeness (QED) is 0.744. The van der Waals surface area contributed by atoms with Crippen molar-refractivity contribution >= 4 is 11.8 Å². The average Bonchev–Trinajstić information content (AvgIpc) is 2.41. The molecule has 2 rings (SSSR count). The van der Waals surface area contributed by atoms with Crippen LogP contribution in [0.2, 0.25) is 0 Å². The molecule has 1 aromatic rings. The summed E-state index contributed by atoms with van der Waals surface area (Å²) in [6.07, 6.45) is 7.34. The van der Waals surface area contributed by atoms with Crippen LogP contribution in [0, 0.1) is 0 Å². The van der Waals surface area contributed by atoms with E-state index in [1.807, 2.05) is 11.8 Å². The van der Waals surface area contributed by atoms with Gasteiger partial charge in [-0.3, -0.25) is 4.90 Å². The maximum Gasteiger partial charge on any atom is 0.0959 e. The lowest BCUT2D eigenvalue weighted by Gasteiger charge is -2.35. The minimum Gasteiger partial charge on any atom is -0.296 e. The molecule has 0 unspecified atom stereocenters. The summed E-state index contributed by atoms with van der Waals surface area (Å²) in [5, 5.41) is 1.15. The summed E-state index contributed by atoms with van der Waals surface area (Å²) >= 11 is 1.82. The number of likely N-dealkylation sites (tertiary alicyclic amines) is 1. The van der Waals surface area contributed by atoms with Gasteiger partial charge in [0.1, 0.15) is 0 Å². The molecule has 100 valence electrons. The molecular formula is C15H24N2S. The maximum absolute atomic E-state index is 4.57. The Morgan fingerprint density at radius 1 is 1.33 bits per heavy atom. The Kier molecular flexibility index (Phi) is 5.51. The number of aromatic nitrogens is 1. The van der Waals surface area contributed by atoms with Gasteiger partial charge in [-0.2, -0.15) is 0 Å². The topological polar surface area (TPSA) is 16.1 Å². The molecule has 2 nitrogen and oxygen atoms in total. The van der Waals surface area contributed by atoms with Gasteiger partial charge in [-0.05, 0) is 49.7 Å². The molecule has 0 bridgehead atoms. The number of hydrogen-bond donors (Lipinski definition) is 0. The highest BCUT2D eigenvalue weighted by Crippen LogP contribution is 2.31. The van der Waals surface area contributed by atoms with E-state index in [2.05, 4.69) is 42.1 Å². The summed E-state index contributed by atoms with van der Waals surface area (Å²) in [6, 6.07) is 5.07. The third kappa shape index (κ3) is 3.48. The number of piperidine rings is 1. The zero-order valence-electron chi connectivity index (χ0n) is 11.6. The molecule has 1 aliphatic rings. The maximum atomic E-state index is 4.57. The first-order valence-electron chi connectivity index (χ1n) is 7.18. The Morgan fingerprint density at radius 2 is 2.22 bits per heavy atom. The lowest BCUT2D eigenvalue weighted by molar-refractivity contribution is 0.148. The van der Waals surface area contributed by atoms with Crippen molar-refractivity contribution in [1.82, 2.24) is 9.88 Å². The average molecular weight is 264 g/mol. The summed E-state index contributed by atoms with van der Waals surface area (Å²) in [4.78, 5) is 7.21. The van der Waals surface area contributed by atoms with Crippen molar-refractivity contribution in [3.8, 4) is 0 Å². The second kappa shape index (κ2) is 7.15. The van der Waals surface area contributed by atoms with Gasteiger partial charge < -0.3 is 0 Å². The second-order valence-electron chi connectivity index (χ2n) is 4.91. The van der Waals surface area contributed by atoms with E-state index in [-0.39, 0.29) is 0 Å². The number of pyridine rings is 1. The molecule has 0 radical (unpaired) electrons. The normalized spacial score (nSPS) is 21.1. The van der Waals surface area contributed by atoms with Crippen molar-refractivity contribution in [3.63, 3.8) is 0 Å². The van der Waals surface area contributed by atoms with Crippen LogP contribution in [0.5, 0.6) is 0 Å². The molecule has 0 saturated carbocycles. The predicted octanol–water partition coefficient (Wildman–Crippen LogP) is 4.13. The fourth-order valence-electron chi connectivity index (χ4n) is 2.75. The third-order valence-corrected chi connectivity index (χ3v) is 4.39. The number of thioether (sulfide) groups is 1. The van der Waals surface area contributed by atoms with E-state index < -0.39 is 0 Å². The fourth-order valence-corrected chi connectivity index (χ4v) is 3.33. The van der Waals surface area contributed by atoms with E-state index in [4.69, 9.17) is 0 Å². The molecule has 0 spiro atoms. The fraction of sp³-hybridized carbons (Fsp3) is 0.667. The summed E-state index contributed by atoms with van der Waals surface area (Å²) in [6.45, 7) is 6.91. The van der Waals surface area contributed by atoms with Crippen LogP contribution in [-0.4, -0.2) is 28.7 Å². The Labute approximate surface area is 115 Å². The van der Waals surface area contributed by atoms with Crippen molar-refractivity contribution in [2.45, 2.75) is 50.6 Å². The molecular weight excluding hydrogens is 240 g/mol. The largest absolute Gasteiger partial charge is 0.296 e. The van der Waals surface area contributed by atoms with Crippen LogP contribution in [0.4, 0.5) is 0 Å². The van der Waals surface area contributed by atoms with E-state index >= 15 is 0 Å². The van der Waals surface area contributed by atoms with Gasteiger partial charge in [0.15, 0.2) is 0 Å². The molecule has 1 aromatic heterocycles. The van der Waals surface area contributed by atoms with E-state index in [0.717, 1.165) is 10.8 Å². The summed E-state index contributed by atoms with van der Waals surface area (Å²) < 4.78 is 0. The van der Waals surface area contributed by atoms with Crippen LogP contribution in [-0.2, 0) is 0 Å². The van der Waals surface area contributed by atoms with Gasteiger partial charge >= 0.3 is 0 Å². The van der Waals surface area contributed by atoms with Crippen molar-refractivity contribution in [1.29, 1.82) is 0 Å². The van der Waals surface area contributed by atoms with Crippen LogP contribution in [0.25, 0.3) is 0 Å². The highest BCUT2D eigenvalue weighted by molar-refractivity contribution is 7.99. The highest BCUT2D eigenvalue weighted by Gasteiger charge is 2.23. The molecule has 3 heteroatoms. The predicted molar refractivity (Wildman–Crippen MR) is 79.1 cm³/mol. The van der Waals surface area contributed by atoms with Gasteiger partial charge in [-0.1, -0.05) is 26.3 Å². The van der Waals surface area contributed by atoms with Gasteiger partial charge in [-0.15, -0.1) is 11.8 Å². The monoisotopic (exact) mass is 264 g/mol. The van der Waals surface area contributed by atoms with E-state index in [0.29, 0.717) is 6.04 Å². The van der Waals surface area contributed by atoms with Crippen molar-refractivity contribution in [2.75, 3.05) is 18.8 Å². The molecule has 0 amide bonds. The Bertz CT molecular complexity index is 348. The summed E-state index contributed by atoms with van der Waals surface area (Å²) in [7, 11) is 0. The molecule has 1 fully saturated rings. The Morgan fingerprint density at radius 3 is 2.89 bits per heavy atom. The van der Waals surface area contributed by atoms with E-state index in [1.165, 1.54) is 44.3 Å². The van der Waals surface area contributed by atoms with Crippen LogP contribution in [0.1, 0.15) is 51.1 Å². The molecule has 1 aliphatic heterocycles. The number of nitrogens with zero attached hydrogens (tertiary/aromatic N) is 2. The Hall–Kier alpha value is -0.540. The zero-order valence-corrected chi connectivity index (χ0v) is 12.4. The number of hydrogen-bond acceptors (Lipinski definition) is 3. The molecule has 1 atom stereocenters. The molecule has 0 aromatic carbocycles. The van der Waals surface area contributed by atoms with Crippen molar-refractivity contribution in [3.05, 3.63) is 23.9 Å². The first-order chi connectivity index (χ1) is 8.85. The second-order valence-corrected chi connectivity index (χ2v) is 6.19. The lowest BCUT2D eigenvalue weighted by Crippen LogP contribution is -2.34. The standard InChI is InChI=1S/C15H24N2S/c1-3-10-17-11-6-5-7-14(17)13-8-9-15(16-12-13)18-4-2/h8-9,12,14H,3-7,10-11H2,1-2H3/t14-/m0/s1. The molecule has 1 saturated heterocycles. The SMILES string of the molecule is CCCN1CCCC[C@H]1c1ccc(SCC)nc1. The van der Waals surface area contributed by atoms with Crippen molar-refractivity contribution < 1.29 is 0 Å². The first-order valence-corrected chi connectivity index (χ1v) is 8.16. The van der Waals surface area contributed by atoms with Crippen LogP contribution in [0.15, 0.2) is 23.4 Å². The Balaban J connectivity index is 2.07. The van der Waals surface area contributed by atoms with Gasteiger partial charge in [0.2, 0.25) is 0 Å². The summed E-state index contributed by atoms with van der Waals surface area (Å²) in [5.41, 5.74) is 1.41. The molecule has 2 heterocycles. The van der Waals surface area contributed by atoms with Gasteiger partial charge in [0, 0.05) is 12.2 Å². The molecule has 0 aliphatic carbocycles. The summed E-state index contributed by atoms with van der Waals surface area (Å²) in [5.74, 6) is 1.09. The van der Waals surface area contributed by atoms with Crippen LogP contribution >= 0.6 is 11.8 Å². The molecule has 0 N–H and O–H groups in total. The van der Waals surface area contributed by atoms with E-state index in [1.54, 1.807) is 0 Å². The number of rotatable bonds is 5. The minimum absolute atomic E-state index is 0.604. The first kappa shape index (κ1) is 13.9. The van der Waals surface area contributed by atoms with Crippen molar-refractivity contribution in [2.24, 2.45) is 0 Å². The van der Waals surface area contributed by atoms with Gasteiger partial charge in [0.05, 0.1) is 5.03 Å². The smallest absolute Gasteiger partial charge is 0.0959 e. The minimum atomic E-state index is 0.604. The molecule has 18 heavy (non-hydrogen) atoms. The van der Waals surface area contributed by atoms with Crippen LogP contribution in [0.3, 0.4) is 0 Å². The van der Waals surface area contributed by atoms with E-state index in [9.17, 15) is 0 Å². The van der Waals surface area contributed by atoms with Gasteiger partial charge in [0.25, 0.3) is 0 Å². The lowest BCUT2D eigenvalue weighted by atomic mass is 9.96.